The number of hydrogen-bond acceptors (Lipinski definition) is 5. The summed E-state index contributed by atoms with van der Waals surface area (Å²) < 4.78 is 57.6. The number of halogens is 2. The van der Waals surface area contributed by atoms with Crippen LogP contribution in [-0.2, 0) is 16.6 Å². The van der Waals surface area contributed by atoms with E-state index in [1.54, 1.807) is 4.68 Å². The van der Waals surface area contributed by atoms with E-state index in [0.717, 1.165) is 42.6 Å². The van der Waals surface area contributed by atoms with Gasteiger partial charge in [0.15, 0.2) is 0 Å². The van der Waals surface area contributed by atoms with Crippen LogP contribution in [0.15, 0.2) is 47.4 Å². The third-order valence-corrected chi connectivity index (χ3v) is 7.98. The molecule has 0 aliphatic carbocycles. The molecule has 0 spiro atoms. The van der Waals surface area contributed by atoms with Crippen LogP contribution in [0.25, 0.3) is 11.0 Å². The molecule has 0 bridgehead atoms. The second kappa shape index (κ2) is 7.36. The first kappa shape index (κ1) is 19.5. The lowest BCUT2D eigenvalue weighted by Gasteiger charge is -2.42. The fourth-order valence-corrected chi connectivity index (χ4v) is 6.26. The maximum Gasteiger partial charge on any atom is 0.246 e. The molecule has 0 radical (unpaired) electrons. The van der Waals surface area contributed by atoms with Gasteiger partial charge in [-0.1, -0.05) is 17.3 Å². The van der Waals surface area contributed by atoms with E-state index < -0.39 is 32.6 Å². The third kappa shape index (κ3) is 3.28. The summed E-state index contributed by atoms with van der Waals surface area (Å²) in [5.74, 6) is -1.88. The molecule has 2 aromatic carbocycles. The molecule has 158 valence electrons. The Morgan fingerprint density at radius 1 is 1.10 bits per heavy atom. The predicted octanol–water partition coefficient (Wildman–Crippen LogP) is 2.25. The molecule has 0 amide bonds. The summed E-state index contributed by atoms with van der Waals surface area (Å²) in [5.41, 5.74) is 1.54. The SMILES string of the molecule is O=S(=O)(c1ccc(F)cc1F)N1CC2CCCN2CC1Cn1nnc2ccccc21. The zero-order valence-electron chi connectivity index (χ0n) is 16.2. The lowest BCUT2D eigenvalue weighted by Crippen LogP contribution is -2.59. The zero-order valence-corrected chi connectivity index (χ0v) is 17.0. The number of hydrogen-bond donors (Lipinski definition) is 0. The first-order valence-electron chi connectivity index (χ1n) is 9.92. The Bertz CT molecular complexity index is 1200. The Kier molecular flexibility index (Phi) is 4.79. The van der Waals surface area contributed by atoms with Crippen molar-refractivity contribution in [2.24, 2.45) is 0 Å². The number of rotatable bonds is 4. The normalized spacial score (nSPS) is 23.1. The number of sulfonamides is 1. The number of piperazine rings is 1. The minimum Gasteiger partial charge on any atom is -0.297 e. The van der Waals surface area contributed by atoms with Crippen molar-refractivity contribution >= 4 is 21.1 Å². The maximum absolute atomic E-state index is 14.4. The molecule has 30 heavy (non-hydrogen) atoms. The predicted molar refractivity (Wildman–Crippen MR) is 106 cm³/mol. The first-order valence-corrected chi connectivity index (χ1v) is 11.4. The van der Waals surface area contributed by atoms with E-state index in [4.69, 9.17) is 0 Å². The third-order valence-electron chi connectivity index (χ3n) is 6.03. The molecule has 10 heteroatoms. The van der Waals surface area contributed by atoms with Crippen LogP contribution in [0.1, 0.15) is 12.8 Å². The van der Waals surface area contributed by atoms with Crippen LogP contribution in [0.2, 0.25) is 0 Å². The Balaban J connectivity index is 1.53. The molecule has 3 heterocycles. The molecular weight excluding hydrogens is 412 g/mol. The standard InChI is InChI=1S/C20H21F2N5O2S/c21-14-7-8-20(17(22)10-14)30(28,29)27-13-15-4-3-9-25(15)11-16(27)12-26-19-6-2-1-5-18(19)23-24-26/h1-2,5-8,10,15-16H,3-4,9,11-13H2. The van der Waals surface area contributed by atoms with Gasteiger partial charge in [-0.15, -0.1) is 5.10 Å². The number of benzene rings is 2. The van der Waals surface area contributed by atoms with E-state index in [-0.39, 0.29) is 12.6 Å². The molecule has 0 N–H and O–H groups in total. The summed E-state index contributed by atoms with van der Waals surface area (Å²) in [4.78, 5) is 1.79. The molecule has 2 aliphatic heterocycles. The van der Waals surface area contributed by atoms with Gasteiger partial charge in [0, 0.05) is 25.2 Å². The van der Waals surface area contributed by atoms with Crippen LogP contribution in [-0.4, -0.2) is 64.3 Å². The summed E-state index contributed by atoms with van der Waals surface area (Å²) in [6, 6.07) is 9.72. The summed E-state index contributed by atoms with van der Waals surface area (Å²) in [6.07, 6.45) is 1.90. The van der Waals surface area contributed by atoms with Crippen molar-refractivity contribution in [2.75, 3.05) is 19.6 Å². The van der Waals surface area contributed by atoms with Gasteiger partial charge in [0.05, 0.1) is 18.1 Å². The number of fused-ring (bicyclic) bond motifs is 2. The van der Waals surface area contributed by atoms with Crippen molar-refractivity contribution in [1.82, 2.24) is 24.2 Å². The Morgan fingerprint density at radius 3 is 2.77 bits per heavy atom. The Labute approximate surface area is 172 Å². The topological polar surface area (TPSA) is 71.3 Å². The van der Waals surface area contributed by atoms with E-state index in [2.05, 4.69) is 15.2 Å². The van der Waals surface area contributed by atoms with Gasteiger partial charge in [-0.25, -0.2) is 21.9 Å². The van der Waals surface area contributed by atoms with Crippen LogP contribution >= 0.6 is 0 Å². The Hall–Kier alpha value is -2.43. The smallest absolute Gasteiger partial charge is 0.246 e. The van der Waals surface area contributed by atoms with Crippen LogP contribution in [0.3, 0.4) is 0 Å². The fraction of sp³-hybridized carbons (Fsp3) is 0.400. The minimum absolute atomic E-state index is 0.104. The largest absolute Gasteiger partial charge is 0.297 e. The van der Waals surface area contributed by atoms with Crippen molar-refractivity contribution in [3.63, 3.8) is 0 Å². The molecule has 2 saturated heterocycles. The molecule has 0 saturated carbocycles. The summed E-state index contributed by atoms with van der Waals surface area (Å²) in [5, 5.41) is 8.35. The van der Waals surface area contributed by atoms with Gasteiger partial charge < -0.3 is 0 Å². The van der Waals surface area contributed by atoms with Gasteiger partial charge in [0.1, 0.15) is 22.0 Å². The summed E-state index contributed by atoms with van der Waals surface area (Å²) in [6.45, 7) is 2.02. The average molecular weight is 433 g/mol. The van der Waals surface area contributed by atoms with Gasteiger partial charge in [-0.3, -0.25) is 4.90 Å². The van der Waals surface area contributed by atoms with Crippen LogP contribution in [0, 0.1) is 11.6 Å². The fourth-order valence-electron chi connectivity index (χ4n) is 4.57. The molecule has 7 nitrogen and oxygen atoms in total. The highest BCUT2D eigenvalue weighted by atomic mass is 32.2. The highest BCUT2D eigenvalue weighted by molar-refractivity contribution is 7.89. The van der Waals surface area contributed by atoms with Crippen LogP contribution < -0.4 is 0 Å². The average Bonchev–Trinajstić information content (AvgIpc) is 3.34. The number of para-hydroxylation sites is 1. The van der Waals surface area contributed by atoms with Crippen molar-refractivity contribution in [1.29, 1.82) is 0 Å². The van der Waals surface area contributed by atoms with Crippen LogP contribution in [0.5, 0.6) is 0 Å². The van der Waals surface area contributed by atoms with Crippen molar-refractivity contribution < 1.29 is 17.2 Å². The molecule has 1 aromatic heterocycles. The van der Waals surface area contributed by atoms with E-state index >= 15 is 0 Å². The first-order chi connectivity index (χ1) is 14.4. The van der Waals surface area contributed by atoms with Gasteiger partial charge >= 0.3 is 0 Å². The quantitative estimate of drug-likeness (QED) is 0.631. The number of aromatic nitrogens is 3. The lowest BCUT2D eigenvalue weighted by atomic mass is 10.1. The highest BCUT2D eigenvalue weighted by Crippen LogP contribution is 2.31. The van der Waals surface area contributed by atoms with E-state index in [1.165, 1.54) is 4.31 Å². The lowest BCUT2D eigenvalue weighted by molar-refractivity contribution is 0.0976. The highest BCUT2D eigenvalue weighted by Gasteiger charge is 2.43. The monoisotopic (exact) mass is 433 g/mol. The molecule has 2 fully saturated rings. The van der Waals surface area contributed by atoms with Gasteiger partial charge in [-0.05, 0) is 43.7 Å². The minimum atomic E-state index is -4.15. The summed E-state index contributed by atoms with van der Waals surface area (Å²) >= 11 is 0. The van der Waals surface area contributed by atoms with Crippen molar-refractivity contribution in [3.8, 4) is 0 Å². The maximum atomic E-state index is 14.4. The zero-order chi connectivity index (χ0) is 20.9. The molecule has 2 unspecified atom stereocenters. The Morgan fingerprint density at radius 2 is 1.93 bits per heavy atom. The van der Waals surface area contributed by atoms with Crippen molar-refractivity contribution in [2.45, 2.75) is 36.4 Å². The second-order valence-electron chi connectivity index (χ2n) is 7.85. The van der Waals surface area contributed by atoms with Crippen molar-refractivity contribution in [3.05, 3.63) is 54.1 Å². The molecule has 5 rings (SSSR count). The number of nitrogens with zero attached hydrogens (tertiary/aromatic N) is 5. The molecule has 2 aliphatic rings. The van der Waals surface area contributed by atoms with E-state index in [0.29, 0.717) is 19.2 Å². The van der Waals surface area contributed by atoms with Gasteiger partial charge in [0.2, 0.25) is 10.0 Å². The van der Waals surface area contributed by atoms with Crippen LogP contribution in [0.4, 0.5) is 8.78 Å². The van der Waals surface area contributed by atoms with E-state index in [9.17, 15) is 17.2 Å². The van der Waals surface area contributed by atoms with Gasteiger partial charge in [-0.2, -0.15) is 4.31 Å². The van der Waals surface area contributed by atoms with E-state index in [1.807, 2.05) is 24.3 Å². The summed E-state index contributed by atoms with van der Waals surface area (Å²) in [7, 11) is -4.15. The van der Waals surface area contributed by atoms with Gasteiger partial charge in [0.25, 0.3) is 0 Å². The molecule has 3 aromatic rings. The molecular formula is C20H21F2N5O2S. The molecule has 2 atom stereocenters. The second-order valence-corrected chi connectivity index (χ2v) is 9.71.